The first-order valence-electron chi connectivity index (χ1n) is 8.29. The van der Waals surface area contributed by atoms with Crippen molar-refractivity contribution in [3.05, 3.63) is 88.4 Å². The highest BCUT2D eigenvalue weighted by molar-refractivity contribution is 6.35. The van der Waals surface area contributed by atoms with E-state index in [-0.39, 0.29) is 5.91 Å². The van der Waals surface area contributed by atoms with Gasteiger partial charge in [-0.3, -0.25) is 4.79 Å². The average Bonchev–Trinajstić information content (AvgIpc) is 2.65. The van der Waals surface area contributed by atoms with Crippen LogP contribution >= 0.6 is 23.2 Å². The normalized spacial score (nSPS) is 10.3. The molecule has 0 atom stereocenters. The number of hydrogen-bond acceptors (Lipinski definition) is 3. The number of ether oxygens (including phenoxy) is 2. The van der Waals surface area contributed by atoms with Crippen molar-refractivity contribution in [1.29, 1.82) is 0 Å². The summed E-state index contributed by atoms with van der Waals surface area (Å²) in [5.74, 6) is 0.928. The first kappa shape index (κ1) is 19.1. The number of hydrogen-bond donors (Lipinski definition) is 1. The molecular weight excluding hydrogens is 385 g/mol. The molecule has 138 valence electrons. The van der Waals surface area contributed by atoms with Gasteiger partial charge >= 0.3 is 0 Å². The molecule has 0 bridgehead atoms. The third kappa shape index (κ3) is 5.64. The van der Waals surface area contributed by atoms with E-state index in [9.17, 15) is 4.79 Å². The maximum Gasteiger partial charge on any atom is 0.259 e. The SMILES string of the molecule is O=C(Nc1cc(Cl)cc(Cl)c1)c1ccccc1OCCOc1ccccc1. The Kier molecular flexibility index (Phi) is 6.58. The molecule has 0 unspecified atom stereocenters. The Hall–Kier alpha value is -2.69. The summed E-state index contributed by atoms with van der Waals surface area (Å²) in [6.45, 7) is 0.673. The summed E-state index contributed by atoms with van der Waals surface area (Å²) in [5, 5.41) is 3.67. The predicted molar refractivity (Wildman–Crippen MR) is 108 cm³/mol. The Morgan fingerprint density at radius 2 is 1.44 bits per heavy atom. The molecule has 0 heterocycles. The Bertz CT molecular complexity index is 896. The smallest absolute Gasteiger partial charge is 0.259 e. The second kappa shape index (κ2) is 9.31. The highest BCUT2D eigenvalue weighted by Crippen LogP contribution is 2.24. The van der Waals surface area contributed by atoms with Gasteiger partial charge in [-0.2, -0.15) is 0 Å². The maximum atomic E-state index is 12.6. The minimum Gasteiger partial charge on any atom is -0.490 e. The number of rotatable bonds is 7. The van der Waals surface area contributed by atoms with Gasteiger partial charge in [0.1, 0.15) is 24.7 Å². The minimum atomic E-state index is -0.312. The molecule has 0 aliphatic carbocycles. The first-order chi connectivity index (χ1) is 13.1. The third-order valence-electron chi connectivity index (χ3n) is 3.60. The summed E-state index contributed by atoms with van der Waals surface area (Å²) in [6.07, 6.45) is 0. The second-order valence-corrected chi connectivity index (χ2v) is 6.49. The lowest BCUT2D eigenvalue weighted by Crippen LogP contribution is -2.15. The molecule has 1 N–H and O–H groups in total. The molecule has 0 radical (unpaired) electrons. The van der Waals surface area contributed by atoms with Gasteiger partial charge in [0.05, 0.1) is 5.56 Å². The molecule has 4 nitrogen and oxygen atoms in total. The first-order valence-corrected chi connectivity index (χ1v) is 9.04. The van der Waals surface area contributed by atoms with Gasteiger partial charge < -0.3 is 14.8 Å². The molecular formula is C21H17Cl2NO3. The van der Waals surface area contributed by atoms with Crippen molar-refractivity contribution >= 4 is 34.8 Å². The van der Waals surface area contributed by atoms with Crippen molar-refractivity contribution in [1.82, 2.24) is 0 Å². The molecule has 27 heavy (non-hydrogen) atoms. The van der Waals surface area contributed by atoms with Gasteiger partial charge in [-0.15, -0.1) is 0 Å². The summed E-state index contributed by atoms with van der Waals surface area (Å²) < 4.78 is 11.3. The molecule has 0 aliphatic heterocycles. The predicted octanol–water partition coefficient (Wildman–Crippen LogP) is 5.70. The lowest BCUT2D eigenvalue weighted by atomic mass is 10.2. The Labute approximate surface area is 167 Å². The summed E-state index contributed by atoms with van der Waals surface area (Å²) >= 11 is 11.9. The summed E-state index contributed by atoms with van der Waals surface area (Å²) in [7, 11) is 0. The maximum absolute atomic E-state index is 12.6. The number of carbonyl (C=O) groups is 1. The molecule has 3 aromatic carbocycles. The molecule has 0 aromatic heterocycles. The zero-order chi connectivity index (χ0) is 19.1. The molecule has 3 rings (SSSR count). The lowest BCUT2D eigenvalue weighted by molar-refractivity contribution is 0.102. The van der Waals surface area contributed by atoms with Crippen LogP contribution in [0.3, 0.4) is 0 Å². The zero-order valence-corrected chi connectivity index (χ0v) is 15.8. The summed E-state index contributed by atoms with van der Waals surface area (Å²) in [6, 6.07) is 21.3. The van der Waals surface area contributed by atoms with Crippen LogP contribution in [0.1, 0.15) is 10.4 Å². The number of benzene rings is 3. The minimum absolute atomic E-state index is 0.308. The van der Waals surface area contributed by atoms with Crippen LogP contribution in [0.15, 0.2) is 72.8 Å². The quantitative estimate of drug-likeness (QED) is 0.516. The fourth-order valence-corrected chi connectivity index (χ4v) is 2.96. The van der Waals surface area contributed by atoms with Gasteiger partial charge in [0.15, 0.2) is 0 Å². The van der Waals surface area contributed by atoms with Crippen molar-refractivity contribution in [3.63, 3.8) is 0 Å². The molecule has 0 aliphatic rings. The lowest BCUT2D eigenvalue weighted by Gasteiger charge is -2.12. The number of para-hydroxylation sites is 2. The highest BCUT2D eigenvalue weighted by atomic mass is 35.5. The fourth-order valence-electron chi connectivity index (χ4n) is 2.43. The van der Waals surface area contributed by atoms with Crippen LogP contribution in [0, 0.1) is 0 Å². The largest absolute Gasteiger partial charge is 0.490 e. The number of amides is 1. The third-order valence-corrected chi connectivity index (χ3v) is 4.04. The van der Waals surface area contributed by atoms with Crippen LogP contribution in [-0.4, -0.2) is 19.1 Å². The van der Waals surface area contributed by atoms with Gasteiger partial charge in [0, 0.05) is 15.7 Å². The molecule has 1 amide bonds. The van der Waals surface area contributed by atoms with E-state index in [1.807, 2.05) is 30.3 Å². The standard InChI is InChI=1S/C21H17Cl2NO3/c22-15-12-16(23)14-17(13-15)24-21(25)19-8-4-5-9-20(19)27-11-10-26-18-6-2-1-3-7-18/h1-9,12-14H,10-11H2,(H,24,25). The monoisotopic (exact) mass is 401 g/mol. The van der Waals surface area contributed by atoms with E-state index in [1.165, 1.54) is 0 Å². The van der Waals surface area contributed by atoms with Crippen LogP contribution in [0.5, 0.6) is 11.5 Å². The summed E-state index contributed by atoms with van der Waals surface area (Å²) in [5.41, 5.74) is 0.924. The number of anilines is 1. The van der Waals surface area contributed by atoms with Crippen LogP contribution in [0.4, 0.5) is 5.69 Å². The van der Waals surface area contributed by atoms with Gasteiger partial charge in [0.2, 0.25) is 0 Å². The molecule has 0 fully saturated rings. The van der Waals surface area contributed by atoms with E-state index >= 15 is 0 Å². The van der Waals surface area contributed by atoms with Crippen LogP contribution in [-0.2, 0) is 0 Å². The van der Waals surface area contributed by atoms with E-state index < -0.39 is 0 Å². The molecule has 0 saturated heterocycles. The number of halogens is 2. The van der Waals surface area contributed by atoms with E-state index in [4.69, 9.17) is 32.7 Å². The van der Waals surface area contributed by atoms with Crippen LogP contribution in [0.25, 0.3) is 0 Å². The Morgan fingerprint density at radius 3 is 2.19 bits per heavy atom. The van der Waals surface area contributed by atoms with Crippen molar-refractivity contribution in [2.45, 2.75) is 0 Å². The number of carbonyl (C=O) groups excluding carboxylic acids is 1. The average molecular weight is 402 g/mol. The van der Waals surface area contributed by atoms with Crippen molar-refractivity contribution in [2.75, 3.05) is 18.5 Å². The van der Waals surface area contributed by atoms with E-state index in [1.54, 1.807) is 42.5 Å². The Balaban J connectivity index is 1.61. The Morgan fingerprint density at radius 1 is 0.815 bits per heavy atom. The fraction of sp³-hybridized carbons (Fsp3) is 0.0952. The van der Waals surface area contributed by atoms with Crippen LogP contribution < -0.4 is 14.8 Å². The van der Waals surface area contributed by atoms with Gasteiger partial charge in [-0.05, 0) is 42.5 Å². The van der Waals surface area contributed by atoms with Crippen LogP contribution in [0.2, 0.25) is 10.0 Å². The van der Waals surface area contributed by atoms with Crippen molar-refractivity contribution < 1.29 is 14.3 Å². The van der Waals surface area contributed by atoms with Gasteiger partial charge in [-0.25, -0.2) is 0 Å². The van der Waals surface area contributed by atoms with Gasteiger partial charge in [-0.1, -0.05) is 53.5 Å². The van der Waals surface area contributed by atoms with Gasteiger partial charge in [0.25, 0.3) is 5.91 Å². The van der Waals surface area contributed by atoms with E-state index in [0.717, 1.165) is 5.75 Å². The molecule has 0 spiro atoms. The molecule has 6 heteroatoms. The van der Waals surface area contributed by atoms with E-state index in [2.05, 4.69) is 5.32 Å². The highest BCUT2D eigenvalue weighted by Gasteiger charge is 2.13. The number of nitrogens with one attached hydrogen (secondary N) is 1. The molecule has 3 aromatic rings. The van der Waals surface area contributed by atoms with Crippen molar-refractivity contribution in [3.8, 4) is 11.5 Å². The second-order valence-electron chi connectivity index (χ2n) is 5.62. The summed E-state index contributed by atoms with van der Waals surface area (Å²) in [4.78, 5) is 12.6. The zero-order valence-electron chi connectivity index (χ0n) is 14.3. The van der Waals surface area contributed by atoms with E-state index in [0.29, 0.717) is 40.3 Å². The topological polar surface area (TPSA) is 47.6 Å². The molecule has 0 saturated carbocycles. The van der Waals surface area contributed by atoms with Crippen molar-refractivity contribution in [2.24, 2.45) is 0 Å².